The van der Waals surface area contributed by atoms with E-state index >= 15 is 0 Å². The summed E-state index contributed by atoms with van der Waals surface area (Å²) in [7, 11) is -3.92. The highest BCUT2D eigenvalue weighted by molar-refractivity contribution is 7.89. The second-order valence-corrected chi connectivity index (χ2v) is 10.2. The van der Waals surface area contributed by atoms with Gasteiger partial charge in [0.1, 0.15) is 11.7 Å². The van der Waals surface area contributed by atoms with Gasteiger partial charge in [-0.15, -0.1) is 0 Å². The van der Waals surface area contributed by atoms with Gasteiger partial charge in [0.25, 0.3) is 0 Å². The molecule has 4 aromatic carbocycles. The first-order chi connectivity index (χ1) is 18.6. The van der Waals surface area contributed by atoms with Crippen molar-refractivity contribution < 1.29 is 22.8 Å². The number of sulfonamides is 1. The Morgan fingerprint density at radius 2 is 1.64 bits per heavy atom. The van der Waals surface area contributed by atoms with Crippen LogP contribution in [0.2, 0.25) is 0 Å². The Bertz CT molecular complexity index is 1590. The average Bonchev–Trinajstić information content (AvgIpc) is 2.93. The normalized spacial score (nSPS) is 11.1. The molecule has 9 nitrogen and oxygen atoms in total. The number of nitrogens with zero attached hydrogens (tertiary/aromatic N) is 1. The molecule has 4 aromatic rings. The van der Waals surface area contributed by atoms with Crippen LogP contribution in [0.5, 0.6) is 0 Å². The number of hydrogen-bond donors (Lipinski definition) is 5. The van der Waals surface area contributed by atoms with Crippen molar-refractivity contribution in [2.45, 2.75) is 11.4 Å². The molecule has 0 spiro atoms. The Morgan fingerprint density at radius 1 is 0.949 bits per heavy atom. The summed E-state index contributed by atoms with van der Waals surface area (Å²) < 4.78 is 37.3. The molecule has 4 rings (SSSR count). The number of anilines is 2. The summed E-state index contributed by atoms with van der Waals surface area (Å²) in [5.74, 6) is -0.912. The zero-order valence-electron chi connectivity index (χ0n) is 20.6. The van der Waals surface area contributed by atoms with Crippen LogP contribution in [0.4, 0.5) is 15.8 Å². The molecule has 6 N–H and O–H groups in total. The van der Waals surface area contributed by atoms with E-state index in [1.54, 1.807) is 83.8 Å². The lowest BCUT2D eigenvalue weighted by molar-refractivity contribution is -0.115. The minimum absolute atomic E-state index is 0.00457. The highest BCUT2D eigenvalue weighted by Gasteiger charge is 2.16. The van der Waals surface area contributed by atoms with Crippen molar-refractivity contribution in [3.63, 3.8) is 0 Å². The second-order valence-electron chi connectivity index (χ2n) is 8.69. The van der Waals surface area contributed by atoms with Gasteiger partial charge in [-0.2, -0.15) is 0 Å². The predicted molar refractivity (Wildman–Crippen MR) is 148 cm³/mol. The van der Waals surface area contributed by atoms with E-state index in [0.29, 0.717) is 28.1 Å². The highest BCUT2D eigenvalue weighted by atomic mass is 32.2. The molecule has 0 aliphatic carbocycles. The molecule has 0 aliphatic rings. The van der Waals surface area contributed by atoms with Gasteiger partial charge in [-0.1, -0.05) is 54.6 Å². The molecular formula is C28H26FN5O4S. The first kappa shape index (κ1) is 27.5. The van der Waals surface area contributed by atoms with Gasteiger partial charge < -0.3 is 10.2 Å². The lowest BCUT2D eigenvalue weighted by Crippen LogP contribution is -2.33. The van der Waals surface area contributed by atoms with E-state index in [9.17, 15) is 17.6 Å². The van der Waals surface area contributed by atoms with Crippen LogP contribution < -0.4 is 20.8 Å². The fraction of sp³-hybridized carbons (Fsp3) is 0.0714. The number of halogens is 1. The molecule has 0 bridgehead atoms. The van der Waals surface area contributed by atoms with Crippen LogP contribution in [-0.2, 0) is 21.4 Å². The maximum Gasteiger partial charge on any atom is 0.243 e. The minimum atomic E-state index is -3.92. The third-order valence-corrected chi connectivity index (χ3v) is 6.88. The lowest BCUT2D eigenvalue weighted by atomic mass is 10.1. The molecule has 11 heteroatoms. The molecule has 0 atom stereocenters. The minimum Gasteiger partial charge on any atom is -0.358 e. The number of carbonyl (C=O) groups is 1. The number of rotatable bonds is 9. The summed E-state index contributed by atoms with van der Waals surface area (Å²) in [5, 5.41) is 25.1. The number of hydrogen-bond acceptors (Lipinski definition) is 6. The Hall–Kier alpha value is -4.58. The quantitative estimate of drug-likeness (QED) is 0.121. The maximum atomic E-state index is 13.4. The van der Waals surface area contributed by atoms with Gasteiger partial charge in [-0.05, 0) is 53.6 Å². The van der Waals surface area contributed by atoms with Gasteiger partial charge >= 0.3 is 0 Å². The van der Waals surface area contributed by atoms with Crippen LogP contribution in [0.25, 0.3) is 11.1 Å². The molecule has 0 radical (unpaired) electrons. The van der Waals surface area contributed by atoms with Crippen LogP contribution in [0, 0.1) is 11.2 Å². The van der Waals surface area contributed by atoms with Crippen molar-refractivity contribution in [1.82, 2.24) is 5.48 Å². The molecule has 39 heavy (non-hydrogen) atoms. The summed E-state index contributed by atoms with van der Waals surface area (Å²) in [6.07, 6.45) is 0. The highest BCUT2D eigenvalue weighted by Crippen LogP contribution is 2.27. The Morgan fingerprint density at radius 3 is 2.31 bits per heavy atom. The van der Waals surface area contributed by atoms with Gasteiger partial charge in [0, 0.05) is 29.0 Å². The van der Waals surface area contributed by atoms with Crippen molar-refractivity contribution in [1.29, 1.82) is 5.41 Å². The molecule has 0 fully saturated rings. The first-order valence-electron chi connectivity index (χ1n) is 11.7. The molecule has 200 valence electrons. The van der Waals surface area contributed by atoms with Crippen molar-refractivity contribution in [3.05, 3.63) is 114 Å². The number of amidine groups is 1. The Labute approximate surface area is 225 Å². The van der Waals surface area contributed by atoms with E-state index in [1.807, 2.05) is 5.48 Å². The number of nitrogens with two attached hydrogens (primary N) is 1. The van der Waals surface area contributed by atoms with Crippen molar-refractivity contribution in [2.24, 2.45) is 5.14 Å². The number of carbonyl (C=O) groups excluding carboxylic acids is 1. The topological polar surface area (TPSA) is 149 Å². The third kappa shape index (κ3) is 7.05. The molecule has 0 aromatic heterocycles. The molecule has 0 aliphatic heterocycles. The van der Waals surface area contributed by atoms with Gasteiger partial charge in [-0.3, -0.25) is 20.9 Å². The SMILES string of the molecule is N=C(NO)c1cccc(N(CC(=O)Nc2ccc(-c3ccccc3S(N)(=O)=O)cc2)Cc2ccc(F)cc2)c1. The van der Waals surface area contributed by atoms with E-state index < -0.39 is 10.0 Å². The zero-order valence-corrected chi connectivity index (χ0v) is 21.5. The van der Waals surface area contributed by atoms with Crippen molar-refractivity contribution in [2.75, 3.05) is 16.8 Å². The Kier molecular flexibility index (Phi) is 8.35. The summed E-state index contributed by atoms with van der Waals surface area (Å²) in [6, 6.07) is 25.8. The summed E-state index contributed by atoms with van der Waals surface area (Å²) in [5.41, 5.74) is 5.17. The van der Waals surface area contributed by atoms with Crippen molar-refractivity contribution >= 4 is 33.1 Å². The van der Waals surface area contributed by atoms with E-state index in [2.05, 4.69) is 5.32 Å². The number of benzene rings is 4. The third-order valence-electron chi connectivity index (χ3n) is 5.91. The van der Waals surface area contributed by atoms with Gasteiger partial charge in [0.15, 0.2) is 0 Å². The largest absolute Gasteiger partial charge is 0.358 e. The van der Waals surface area contributed by atoms with E-state index in [-0.39, 0.29) is 35.5 Å². The van der Waals surface area contributed by atoms with E-state index in [1.165, 1.54) is 18.2 Å². The fourth-order valence-electron chi connectivity index (χ4n) is 4.03. The smallest absolute Gasteiger partial charge is 0.243 e. The van der Waals surface area contributed by atoms with E-state index in [4.69, 9.17) is 15.8 Å². The van der Waals surface area contributed by atoms with E-state index in [0.717, 1.165) is 5.56 Å². The van der Waals surface area contributed by atoms with Gasteiger partial charge in [0.2, 0.25) is 15.9 Å². The molecule has 1 amide bonds. The maximum absolute atomic E-state index is 13.4. The summed E-state index contributed by atoms with van der Waals surface area (Å²) >= 11 is 0. The predicted octanol–water partition coefficient (Wildman–Crippen LogP) is 4.09. The molecule has 0 saturated heterocycles. The number of amides is 1. The number of nitrogens with one attached hydrogen (secondary N) is 3. The molecule has 0 saturated carbocycles. The van der Waals surface area contributed by atoms with Crippen LogP contribution in [-0.4, -0.2) is 31.9 Å². The average molecular weight is 548 g/mol. The van der Waals surface area contributed by atoms with Crippen LogP contribution in [0.15, 0.2) is 102 Å². The number of primary sulfonamides is 1. The Balaban J connectivity index is 1.54. The van der Waals surface area contributed by atoms with Crippen LogP contribution in [0.1, 0.15) is 11.1 Å². The van der Waals surface area contributed by atoms with Crippen molar-refractivity contribution in [3.8, 4) is 11.1 Å². The zero-order chi connectivity index (χ0) is 28.0. The summed E-state index contributed by atoms with van der Waals surface area (Å²) in [6.45, 7) is 0.205. The number of hydroxylamine groups is 1. The summed E-state index contributed by atoms with van der Waals surface area (Å²) in [4.78, 5) is 14.8. The molecule has 0 unspecified atom stereocenters. The van der Waals surface area contributed by atoms with Gasteiger partial charge in [-0.25, -0.2) is 17.9 Å². The van der Waals surface area contributed by atoms with Crippen LogP contribution >= 0.6 is 0 Å². The first-order valence-corrected chi connectivity index (χ1v) is 13.3. The molecular weight excluding hydrogens is 521 g/mol. The standard InChI is InChI=1S/C28H26FN5O4S/c29-22-12-8-19(9-13-22)17-34(24-5-3-4-21(16-24)28(30)33-36)18-27(35)32-23-14-10-20(11-15-23)25-6-1-2-7-26(25)39(31,37)38/h1-16,36H,17-18H2,(H2,30,33)(H,32,35)(H2,31,37,38). The van der Waals surface area contributed by atoms with Gasteiger partial charge in [0.05, 0.1) is 11.4 Å². The lowest BCUT2D eigenvalue weighted by Gasteiger charge is -2.25. The second kappa shape index (κ2) is 11.9. The fourth-order valence-corrected chi connectivity index (χ4v) is 4.79. The molecule has 0 heterocycles. The van der Waals surface area contributed by atoms with Crippen LogP contribution in [0.3, 0.4) is 0 Å². The monoisotopic (exact) mass is 547 g/mol.